The van der Waals surface area contributed by atoms with Crippen LogP contribution in [0, 0.1) is 5.92 Å². The van der Waals surface area contributed by atoms with Crippen molar-refractivity contribution in [2.75, 3.05) is 22.3 Å². The largest absolute Gasteiger partial charge is 0.504 e. The molecule has 23 heavy (non-hydrogen) atoms. The van der Waals surface area contributed by atoms with Gasteiger partial charge in [0.05, 0.1) is 16.3 Å². The highest BCUT2D eigenvalue weighted by atomic mass is 32.2. The van der Waals surface area contributed by atoms with Crippen molar-refractivity contribution in [2.45, 2.75) is 18.7 Å². The third kappa shape index (κ3) is 3.50. The second-order valence-corrected chi connectivity index (χ2v) is 7.58. The molecule has 0 fully saturated rings. The first-order valence-electron chi connectivity index (χ1n) is 7.19. The van der Waals surface area contributed by atoms with Crippen LogP contribution in [0.25, 0.3) is 0 Å². The molecule has 0 amide bonds. The summed E-state index contributed by atoms with van der Waals surface area (Å²) in [6.07, 6.45) is 0. The average Bonchev–Trinajstić information content (AvgIpc) is 2.48. The number of nitrogens with zero attached hydrogens (tertiary/aromatic N) is 1. The number of nitrogens with two attached hydrogens (primary N) is 2. The van der Waals surface area contributed by atoms with E-state index in [4.69, 9.17) is 11.5 Å². The molecule has 0 spiro atoms. The number of sulfonamides is 1. The predicted octanol–water partition coefficient (Wildman–Crippen LogP) is 2.41. The summed E-state index contributed by atoms with van der Waals surface area (Å²) in [4.78, 5) is 0.106. The zero-order chi connectivity index (χ0) is 17.2. The summed E-state index contributed by atoms with van der Waals surface area (Å²) in [5.74, 6) is -0.188. The zero-order valence-electron chi connectivity index (χ0n) is 13.1. The molecule has 0 heterocycles. The molecule has 7 heteroatoms. The first-order valence-corrected chi connectivity index (χ1v) is 8.63. The number of nitrogen functional groups attached to an aromatic ring is 2. The third-order valence-corrected chi connectivity index (χ3v) is 5.11. The number of anilines is 3. The van der Waals surface area contributed by atoms with Crippen molar-refractivity contribution >= 4 is 27.1 Å². The molecule has 2 aromatic rings. The molecule has 124 valence electrons. The Morgan fingerprint density at radius 3 is 2.26 bits per heavy atom. The topological polar surface area (TPSA) is 110 Å². The maximum atomic E-state index is 13.0. The van der Waals surface area contributed by atoms with Gasteiger partial charge in [-0.15, -0.1) is 0 Å². The van der Waals surface area contributed by atoms with Gasteiger partial charge in [-0.3, -0.25) is 4.31 Å². The number of hydrogen-bond acceptors (Lipinski definition) is 5. The molecule has 2 aromatic carbocycles. The van der Waals surface area contributed by atoms with Crippen molar-refractivity contribution in [1.82, 2.24) is 0 Å². The Morgan fingerprint density at radius 2 is 1.70 bits per heavy atom. The van der Waals surface area contributed by atoms with Gasteiger partial charge in [-0.05, 0) is 42.3 Å². The number of benzene rings is 2. The molecule has 0 aliphatic heterocycles. The van der Waals surface area contributed by atoms with Gasteiger partial charge in [-0.1, -0.05) is 19.9 Å². The predicted molar refractivity (Wildman–Crippen MR) is 92.7 cm³/mol. The number of phenolic OH excluding ortho intramolecular Hbond substituents is 1. The molecule has 0 unspecified atom stereocenters. The number of para-hydroxylation sites is 1. The van der Waals surface area contributed by atoms with Gasteiger partial charge in [0, 0.05) is 12.2 Å². The molecule has 0 bridgehead atoms. The second-order valence-electron chi connectivity index (χ2n) is 5.71. The highest BCUT2D eigenvalue weighted by Crippen LogP contribution is 2.36. The zero-order valence-corrected chi connectivity index (χ0v) is 13.9. The van der Waals surface area contributed by atoms with Crippen molar-refractivity contribution in [3.05, 3.63) is 42.5 Å². The molecule has 0 saturated carbocycles. The summed E-state index contributed by atoms with van der Waals surface area (Å²) >= 11 is 0. The minimum absolute atomic E-state index is 0.0550. The van der Waals surface area contributed by atoms with Crippen LogP contribution < -0.4 is 15.8 Å². The highest BCUT2D eigenvalue weighted by molar-refractivity contribution is 7.92. The molecule has 2 rings (SSSR count). The van der Waals surface area contributed by atoms with E-state index in [9.17, 15) is 13.5 Å². The standard InChI is InChI=1S/C16H21N3O3S/c1-11(2)10-19(15-5-3-4-14(18)16(15)20)23(21,22)13-8-6-12(17)7-9-13/h3-9,11,20H,10,17-18H2,1-2H3. The van der Waals surface area contributed by atoms with Gasteiger partial charge in [0.25, 0.3) is 10.0 Å². The highest BCUT2D eigenvalue weighted by Gasteiger charge is 2.28. The number of hydrogen-bond donors (Lipinski definition) is 3. The molecular weight excluding hydrogens is 314 g/mol. The van der Waals surface area contributed by atoms with Crippen LogP contribution >= 0.6 is 0 Å². The van der Waals surface area contributed by atoms with Crippen LogP contribution in [0.1, 0.15) is 13.8 Å². The summed E-state index contributed by atoms with van der Waals surface area (Å²) in [6.45, 7) is 4.01. The van der Waals surface area contributed by atoms with Crippen LogP contribution in [-0.2, 0) is 10.0 Å². The van der Waals surface area contributed by atoms with E-state index in [-0.39, 0.29) is 34.5 Å². The fraction of sp³-hybridized carbons (Fsp3) is 0.250. The smallest absolute Gasteiger partial charge is 0.264 e. The van der Waals surface area contributed by atoms with Crippen LogP contribution in [0.5, 0.6) is 5.75 Å². The molecule has 0 saturated heterocycles. The van der Waals surface area contributed by atoms with E-state index < -0.39 is 10.0 Å². The minimum atomic E-state index is -3.84. The summed E-state index contributed by atoms with van der Waals surface area (Å²) in [7, 11) is -3.84. The lowest BCUT2D eigenvalue weighted by atomic mass is 10.2. The molecule has 5 N–H and O–H groups in total. The Labute approximate surface area is 136 Å². The second kappa shape index (κ2) is 6.37. The normalized spacial score (nSPS) is 11.6. The Morgan fingerprint density at radius 1 is 1.09 bits per heavy atom. The average molecular weight is 335 g/mol. The van der Waals surface area contributed by atoms with Gasteiger partial charge in [0.15, 0.2) is 5.75 Å². The van der Waals surface area contributed by atoms with E-state index in [1.165, 1.54) is 40.7 Å². The van der Waals surface area contributed by atoms with E-state index in [0.29, 0.717) is 5.69 Å². The fourth-order valence-electron chi connectivity index (χ4n) is 2.17. The van der Waals surface area contributed by atoms with E-state index in [1.54, 1.807) is 6.07 Å². The van der Waals surface area contributed by atoms with Gasteiger partial charge < -0.3 is 16.6 Å². The van der Waals surface area contributed by atoms with E-state index in [2.05, 4.69) is 0 Å². The molecule has 0 atom stereocenters. The van der Waals surface area contributed by atoms with Crippen LogP contribution in [0.2, 0.25) is 0 Å². The van der Waals surface area contributed by atoms with Crippen molar-refractivity contribution in [2.24, 2.45) is 5.92 Å². The summed E-state index contributed by atoms with van der Waals surface area (Å²) in [5.41, 5.74) is 12.1. The number of rotatable bonds is 5. The first-order chi connectivity index (χ1) is 10.7. The van der Waals surface area contributed by atoms with E-state index in [0.717, 1.165) is 0 Å². The van der Waals surface area contributed by atoms with E-state index >= 15 is 0 Å². The van der Waals surface area contributed by atoms with Crippen molar-refractivity contribution in [3.63, 3.8) is 0 Å². The maximum absolute atomic E-state index is 13.0. The van der Waals surface area contributed by atoms with Crippen molar-refractivity contribution < 1.29 is 13.5 Å². The van der Waals surface area contributed by atoms with Crippen LogP contribution in [0.3, 0.4) is 0 Å². The Kier molecular flexibility index (Phi) is 4.70. The Hall–Kier alpha value is -2.41. The van der Waals surface area contributed by atoms with Crippen molar-refractivity contribution in [1.29, 1.82) is 0 Å². The van der Waals surface area contributed by atoms with E-state index in [1.807, 2.05) is 13.8 Å². The number of aromatic hydroxyl groups is 1. The SMILES string of the molecule is CC(C)CN(c1cccc(N)c1O)S(=O)(=O)c1ccc(N)cc1. The Balaban J connectivity index is 2.58. The maximum Gasteiger partial charge on any atom is 0.264 e. The summed E-state index contributed by atoms with van der Waals surface area (Å²) in [6, 6.07) is 10.6. The van der Waals surface area contributed by atoms with Gasteiger partial charge in [0.1, 0.15) is 0 Å². The molecule has 0 aliphatic rings. The lowest BCUT2D eigenvalue weighted by molar-refractivity contribution is 0.476. The number of phenols is 1. The Bertz CT molecular complexity index is 787. The van der Waals surface area contributed by atoms with Gasteiger partial charge in [-0.2, -0.15) is 0 Å². The van der Waals surface area contributed by atoms with Gasteiger partial charge in [-0.25, -0.2) is 8.42 Å². The van der Waals surface area contributed by atoms with Crippen LogP contribution in [-0.4, -0.2) is 20.1 Å². The minimum Gasteiger partial charge on any atom is -0.504 e. The lowest BCUT2D eigenvalue weighted by Crippen LogP contribution is -2.34. The third-order valence-electron chi connectivity index (χ3n) is 3.31. The monoisotopic (exact) mass is 335 g/mol. The van der Waals surface area contributed by atoms with Crippen molar-refractivity contribution in [3.8, 4) is 5.75 Å². The molecule has 0 aromatic heterocycles. The quantitative estimate of drug-likeness (QED) is 0.574. The first kappa shape index (κ1) is 17.0. The lowest BCUT2D eigenvalue weighted by Gasteiger charge is -2.27. The van der Waals surface area contributed by atoms with Crippen LogP contribution in [0.15, 0.2) is 47.4 Å². The van der Waals surface area contributed by atoms with Gasteiger partial charge in [0.2, 0.25) is 0 Å². The van der Waals surface area contributed by atoms with Crippen LogP contribution in [0.4, 0.5) is 17.1 Å². The molecular formula is C16H21N3O3S. The van der Waals surface area contributed by atoms with Gasteiger partial charge >= 0.3 is 0 Å². The fourth-order valence-corrected chi connectivity index (χ4v) is 3.81. The molecule has 6 nitrogen and oxygen atoms in total. The molecule has 0 aliphatic carbocycles. The molecule has 0 radical (unpaired) electrons. The summed E-state index contributed by atoms with van der Waals surface area (Å²) in [5, 5.41) is 10.2. The summed E-state index contributed by atoms with van der Waals surface area (Å²) < 4.78 is 27.1.